The third-order valence-corrected chi connectivity index (χ3v) is 3.91. The number of hydrogen-bond donors (Lipinski definition) is 2. The smallest absolute Gasteiger partial charge is 0.223 e. The molecule has 2 aromatic carbocycles. The Morgan fingerprint density at radius 2 is 1.71 bits per heavy atom. The summed E-state index contributed by atoms with van der Waals surface area (Å²) < 4.78 is 5.52. The lowest BCUT2D eigenvalue weighted by Crippen LogP contribution is -2.39. The zero-order chi connectivity index (χ0) is 17.3. The molecule has 0 heterocycles. The molecule has 24 heavy (non-hydrogen) atoms. The first-order valence-corrected chi connectivity index (χ1v) is 8.21. The lowest BCUT2D eigenvalue weighted by Gasteiger charge is -2.27. The van der Waals surface area contributed by atoms with Gasteiger partial charge < -0.3 is 15.2 Å². The van der Waals surface area contributed by atoms with E-state index in [-0.39, 0.29) is 17.9 Å². The molecule has 0 aromatic heterocycles. The number of carbonyl (C=O) groups excluding carboxylic acids is 1. The van der Waals surface area contributed by atoms with E-state index in [1.54, 1.807) is 0 Å². The van der Waals surface area contributed by atoms with E-state index in [1.807, 2.05) is 67.6 Å². The van der Waals surface area contributed by atoms with Crippen LogP contribution < -0.4 is 10.1 Å². The van der Waals surface area contributed by atoms with Gasteiger partial charge in [0.15, 0.2) is 0 Å². The van der Waals surface area contributed by atoms with Crippen LogP contribution in [0.15, 0.2) is 60.7 Å². The second-order valence-corrected chi connectivity index (χ2v) is 6.32. The molecular weight excluding hydrogens is 302 g/mol. The summed E-state index contributed by atoms with van der Waals surface area (Å²) in [5.74, 6) is 0.688. The van der Waals surface area contributed by atoms with Crippen LogP contribution in [0.2, 0.25) is 0 Å². The van der Waals surface area contributed by atoms with Crippen LogP contribution >= 0.6 is 0 Å². The van der Waals surface area contributed by atoms with Gasteiger partial charge in [0.25, 0.3) is 0 Å². The van der Waals surface area contributed by atoms with Crippen LogP contribution in [0.25, 0.3) is 0 Å². The van der Waals surface area contributed by atoms with Gasteiger partial charge in [-0.3, -0.25) is 4.79 Å². The van der Waals surface area contributed by atoms with Gasteiger partial charge in [-0.25, -0.2) is 0 Å². The summed E-state index contributed by atoms with van der Waals surface area (Å²) in [6, 6.07) is 19.4. The highest BCUT2D eigenvalue weighted by Gasteiger charge is 2.24. The first-order valence-electron chi connectivity index (χ1n) is 8.21. The van der Waals surface area contributed by atoms with E-state index in [0.29, 0.717) is 26.0 Å². The first kappa shape index (κ1) is 18.0. The third-order valence-electron chi connectivity index (χ3n) is 3.91. The molecule has 1 atom stereocenters. The summed E-state index contributed by atoms with van der Waals surface area (Å²) in [6.07, 6.45) is 1.01. The monoisotopic (exact) mass is 327 g/mol. The molecule has 0 saturated heterocycles. The first-order chi connectivity index (χ1) is 11.6. The summed E-state index contributed by atoms with van der Waals surface area (Å²) in [4.78, 5) is 12.0. The number of nitrogens with one attached hydrogen (secondary N) is 1. The topological polar surface area (TPSA) is 58.6 Å². The summed E-state index contributed by atoms with van der Waals surface area (Å²) >= 11 is 0. The van der Waals surface area contributed by atoms with Crippen molar-refractivity contribution < 1.29 is 14.6 Å². The summed E-state index contributed by atoms with van der Waals surface area (Å²) in [7, 11) is 0. The molecule has 0 bridgehead atoms. The fraction of sp³-hybridized carbons (Fsp3) is 0.350. The van der Waals surface area contributed by atoms with Gasteiger partial charge in [-0.15, -0.1) is 0 Å². The van der Waals surface area contributed by atoms with E-state index >= 15 is 0 Å². The zero-order valence-electron chi connectivity index (χ0n) is 14.1. The minimum atomic E-state index is -0.378. The number of amides is 1. The van der Waals surface area contributed by atoms with Crippen LogP contribution in [0.3, 0.4) is 0 Å². The average Bonchev–Trinajstić information content (AvgIpc) is 2.62. The van der Waals surface area contributed by atoms with Crippen LogP contribution in [-0.4, -0.2) is 30.8 Å². The minimum absolute atomic E-state index is 0.0166. The molecule has 4 nitrogen and oxygen atoms in total. The lowest BCUT2D eigenvalue weighted by molar-refractivity contribution is -0.122. The number of carbonyl (C=O) groups is 1. The molecule has 0 fully saturated rings. The van der Waals surface area contributed by atoms with Crippen LogP contribution in [-0.2, 0) is 11.2 Å². The van der Waals surface area contributed by atoms with Gasteiger partial charge in [0.05, 0.1) is 19.6 Å². The molecule has 0 aliphatic carbocycles. The third kappa shape index (κ3) is 6.05. The molecule has 2 aromatic rings. The van der Waals surface area contributed by atoms with E-state index in [1.165, 1.54) is 0 Å². The fourth-order valence-corrected chi connectivity index (χ4v) is 2.44. The second-order valence-electron chi connectivity index (χ2n) is 6.32. The van der Waals surface area contributed by atoms with E-state index in [4.69, 9.17) is 4.74 Å². The van der Waals surface area contributed by atoms with Gasteiger partial charge in [0, 0.05) is 12.0 Å². The number of aliphatic hydroxyl groups is 1. The van der Waals surface area contributed by atoms with Gasteiger partial charge in [-0.05, 0) is 24.1 Å². The summed E-state index contributed by atoms with van der Waals surface area (Å²) in [5, 5.41) is 12.6. The fourth-order valence-electron chi connectivity index (χ4n) is 2.44. The Morgan fingerprint density at radius 3 is 2.33 bits per heavy atom. The number of para-hydroxylation sites is 1. The quantitative estimate of drug-likeness (QED) is 0.744. The average molecular weight is 327 g/mol. The Labute approximate surface area is 143 Å². The predicted molar refractivity (Wildman–Crippen MR) is 94.9 cm³/mol. The highest BCUT2D eigenvalue weighted by molar-refractivity contribution is 5.76. The Balaban J connectivity index is 1.74. The SMILES string of the molecule is C[C@](CO)(CNC(=O)CCOc1ccccc1)Cc1ccccc1. The van der Waals surface area contributed by atoms with Gasteiger partial charge in [-0.1, -0.05) is 55.5 Å². The van der Waals surface area contributed by atoms with Crippen molar-refractivity contribution in [3.63, 3.8) is 0 Å². The van der Waals surface area contributed by atoms with Gasteiger partial charge in [0.1, 0.15) is 5.75 Å². The van der Waals surface area contributed by atoms with Crippen molar-refractivity contribution in [3.05, 3.63) is 66.2 Å². The van der Waals surface area contributed by atoms with Gasteiger partial charge >= 0.3 is 0 Å². The molecule has 0 spiro atoms. The van der Waals surface area contributed by atoms with Crippen molar-refractivity contribution >= 4 is 5.91 Å². The van der Waals surface area contributed by atoms with Crippen molar-refractivity contribution in [2.45, 2.75) is 19.8 Å². The van der Waals surface area contributed by atoms with Gasteiger partial charge in [-0.2, -0.15) is 0 Å². The van der Waals surface area contributed by atoms with Crippen LogP contribution in [0.4, 0.5) is 0 Å². The Bertz CT molecular complexity index is 615. The number of rotatable bonds is 9. The molecule has 0 aliphatic heterocycles. The van der Waals surface area contributed by atoms with Crippen LogP contribution in [0, 0.1) is 5.41 Å². The maximum atomic E-state index is 12.0. The number of aliphatic hydroxyl groups excluding tert-OH is 1. The van der Waals surface area contributed by atoms with Crippen molar-refractivity contribution in [2.75, 3.05) is 19.8 Å². The lowest BCUT2D eigenvalue weighted by atomic mass is 9.84. The Hall–Kier alpha value is -2.33. The molecule has 0 radical (unpaired) electrons. The largest absolute Gasteiger partial charge is 0.493 e. The molecule has 4 heteroatoms. The highest BCUT2D eigenvalue weighted by Crippen LogP contribution is 2.21. The molecule has 0 aliphatic rings. The maximum absolute atomic E-state index is 12.0. The van der Waals surface area contributed by atoms with Crippen molar-refractivity contribution in [3.8, 4) is 5.75 Å². The minimum Gasteiger partial charge on any atom is -0.493 e. The predicted octanol–water partition coefficient (Wildman–Crippen LogP) is 2.81. The molecule has 0 unspecified atom stereocenters. The van der Waals surface area contributed by atoms with Gasteiger partial charge in [0.2, 0.25) is 5.91 Å². The standard InChI is InChI=1S/C20H25NO3/c1-20(16-22,14-17-8-4-2-5-9-17)15-21-19(23)12-13-24-18-10-6-3-7-11-18/h2-11,22H,12-16H2,1H3,(H,21,23)/t20-/m1/s1. The summed E-state index contributed by atoms with van der Waals surface area (Å²) in [5.41, 5.74) is 0.771. The number of hydrogen-bond acceptors (Lipinski definition) is 3. The second kappa shape index (κ2) is 9.08. The van der Waals surface area contributed by atoms with E-state index in [0.717, 1.165) is 11.3 Å². The van der Waals surface area contributed by atoms with E-state index in [2.05, 4.69) is 5.32 Å². The van der Waals surface area contributed by atoms with Crippen molar-refractivity contribution in [1.82, 2.24) is 5.32 Å². The Morgan fingerprint density at radius 1 is 1.08 bits per heavy atom. The maximum Gasteiger partial charge on any atom is 0.223 e. The molecular formula is C20H25NO3. The summed E-state index contributed by atoms with van der Waals surface area (Å²) in [6.45, 7) is 2.76. The van der Waals surface area contributed by atoms with Crippen molar-refractivity contribution in [1.29, 1.82) is 0 Å². The van der Waals surface area contributed by atoms with Crippen LogP contribution in [0.1, 0.15) is 18.9 Å². The van der Waals surface area contributed by atoms with Crippen molar-refractivity contribution in [2.24, 2.45) is 5.41 Å². The van der Waals surface area contributed by atoms with E-state index in [9.17, 15) is 9.90 Å². The van der Waals surface area contributed by atoms with Crippen LogP contribution in [0.5, 0.6) is 5.75 Å². The molecule has 0 saturated carbocycles. The number of ether oxygens (including phenoxy) is 1. The molecule has 2 rings (SSSR count). The normalized spacial score (nSPS) is 13.1. The molecule has 128 valence electrons. The molecule has 2 N–H and O–H groups in total. The highest BCUT2D eigenvalue weighted by atomic mass is 16.5. The number of benzene rings is 2. The molecule has 1 amide bonds. The zero-order valence-corrected chi connectivity index (χ0v) is 14.1. The Kier molecular flexibility index (Phi) is 6.82. The van der Waals surface area contributed by atoms with E-state index < -0.39 is 0 Å².